The van der Waals surface area contributed by atoms with Crippen LogP contribution in [0.15, 0.2) is 35.0 Å². The second-order valence-corrected chi connectivity index (χ2v) is 8.86. The Morgan fingerprint density at radius 3 is 2.86 bits per heavy atom. The number of rotatable bonds is 6. The van der Waals surface area contributed by atoms with Crippen LogP contribution in [0.4, 0.5) is 5.69 Å². The summed E-state index contributed by atoms with van der Waals surface area (Å²) in [5.74, 6) is 0.751. The summed E-state index contributed by atoms with van der Waals surface area (Å²) in [7, 11) is 3.34. The van der Waals surface area contributed by atoms with Gasteiger partial charge in [0.25, 0.3) is 0 Å². The van der Waals surface area contributed by atoms with Crippen molar-refractivity contribution in [2.75, 3.05) is 51.9 Å². The summed E-state index contributed by atoms with van der Waals surface area (Å²) in [5.41, 5.74) is 1.56. The van der Waals surface area contributed by atoms with Crippen molar-refractivity contribution in [3.63, 3.8) is 0 Å². The molecule has 1 fully saturated rings. The summed E-state index contributed by atoms with van der Waals surface area (Å²) in [6.45, 7) is 11.5. The fourth-order valence-corrected chi connectivity index (χ4v) is 4.56. The molecule has 0 unspecified atom stereocenters. The minimum absolute atomic E-state index is 0.0854. The molecule has 2 heterocycles. The number of carbonyl (C=O) groups is 1. The number of hydrogen-bond acceptors (Lipinski definition) is 5. The van der Waals surface area contributed by atoms with Gasteiger partial charge in [0.2, 0.25) is 5.91 Å². The van der Waals surface area contributed by atoms with E-state index in [4.69, 9.17) is 9.47 Å². The number of anilines is 1. The van der Waals surface area contributed by atoms with E-state index in [1.807, 2.05) is 17.0 Å². The first-order chi connectivity index (χ1) is 13.3. The first-order valence-corrected chi connectivity index (χ1v) is 10.4. The quantitative estimate of drug-likeness (QED) is 0.673. The van der Waals surface area contributed by atoms with Crippen LogP contribution in [0.25, 0.3) is 0 Å². The molecule has 0 spiro atoms. The Hall–Kier alpha value is -1.41. The molecule has 154 valence electrons. The molecule has 7 heteroatoms. The third-order valence-electron chi connectivity index (χ3n) is 5.91. The zero-order valence-corrected chi connectivity index (χ0v) is 18.7. The van der Waals surface area contributed by atoms with Crippen molar-refractivity contribution >= 4 is 27.5 Å². The number of piperazine rings is 1. The maximum Gasteiger partial charge on any atom is 0.241 e. The fraction of sp³-hybridized carbons (Fsp3) is 0.571. The second-order valence-electron chi connectivity index (χ2n) is 7.95. The van der Waals surface area contributed by atoms with Gasteiger partial charge in [0.05, 0.1) is 25.7 Å². The zero-order chi connectivity index (χ0) is 20.5. The Labute approximate surface area is 176 Å². The van der Waals surface area contributed by atoms with Crippen LogP contribution in [0.2, 0.25) is 0 Å². The Balaban J connectivity index is 1.86. The van der Waals surface area contributed by atoms with Gasteiger partial charge < -0.3 is 19.7 Å². The van der Waals surface area contributed by atoms with Gasteiger partial charge in [-0.2, -0.15) is 0 Å². The lowest BCUT2D eigenvalue weighted by Gasteiger charge is -2.39. The second kappa shape index (κ2) is 8.53. The highest BCUT2D eigenvalue weighted by atomic mass is 79.9. The van der Waals surface area contributed by atoms with Gasteiger partial charge in [-0.25, -0.2) is 0 Å². The van der Waals surface area contributed by atoms with Crippen LogP contribution < -0.4 is 10.2 Å². The first-order valence-electron chi connectivity index (χ1n) is 9.60. The largest absolute Gasteiger partial charge is 0.501 e. The number of amides is 1. The molecule has 1 aromatic carbocycles. The number of benzene rings is 1. The topological polar surface area (TPSA) is 54.0 Å². The van der Waals surface area contributed by atoms with Crippen LogP contribution in [0.3, 0.4) is 0 Å². The minimum Gasteiger partial charge on any atom is -0.501 e. The van der Waals surface area contributed by atoms with Crippen LogP contribution in [0, 0.1) is 0 Å². The molecule has 6 nitrogen and oxygen atoms in total. The smallest absolute Gasteiger partial charge is 0.241 e. The van der Waals surface area contributed by atoms with E-state index in [1.54, 1.807) is 14.2 Å². The summed E-state index contributed by atoms with van der Waals surface area (Å²) >= 11 is 3.54. The maximum atomic E-state index is 13.4. The number of hydrogen-bond donors (Lipinski definition) is 1. The van der Waals surface area contributed by atoms with Crippen molar-refractivity contribution in [2.24, 2.45) is 0 Å². The molecule has 0 radical (unpaired) electrons. The van der Waals surface area contributed by atoms with Gasteiger partial charge >= 0.3 is 0 Å². The molecule has 1 saturated heterocycles. The lowest BCUT2D eigenvalue weighted by Crippen LogP contribution is -2.59. The molecule has 0 saturated carbocycles. The SMILES string of the molecule is C=C(OC)[C@@]1(C)CN(C(=O)CN2C[C@@H](C)NC[C@@H]2COC)c2cc(Br)ccc21. The van der Waals surface area contributed by atoms with E-state index in [1.165, 1.54) is 0 Å². The van der Waals surface area contributed by atoms with Crippen LogP contribution >= 0.6 is 15.9 Å². The highest BCUT2D eigenvalue weighted by molar-refractivity contribution is 9.10. The third kappa shape index (κ3) is 3.99. The molecule has 1 aromatic rings. The van der Waals surface area contributed by atoms with Crippen LogP contribution in [-0.2, 0) is 19.7 Å². The van der Waals surface area contributed by atoms with E-state index < -0.39 is 5.41 Å². The fourth-order valence-electron chi connectivity index (χ4n) is 4.21. The standard InChI is InChI=1S/C21H30BrN3O3/c1-14-10-24(17(9-23-14)12-27-4)11-20(26)25-13-21(3,15(2)28-5)18-7-6-16(22)8-19(18)25/h6-8,14,17,23H,2,9-13H2,1,3-5H3/t14-,17-,21-/m1/s1. The number of nitrogens with one attached hydrogen (secondary N) is 1. The Morgan fingerprint density at radius 1 is 1.43 bits per heavy atom. The molecule has 3 rings (SSSR count). The molecule has 0 aromatic heterocycles. The minimum atomic E-state index is -0.427. The van der Waals surface area contributed by atoms with Gasteiger partial charge in [0, 0.05) is 49.0 Å². The molecular weight excluding hydrogens is 422 g/mol. The first kappa shape index (κ1) is 21.3. The molecule has 1 N–H and O–H groups in total. The number of nitrogens with zero attached hydrogens (tertiary/aromatic N) is 2. The maximum absolute atomic E-state index is 13.4. The Morgan fingerprint density at radius 2 is 2.18 bits per heavy atom. The summed E-state index contributed by atoms with van der Waals surface area (Å²) in [6, 6.07) is 6.60. The molecule has 28 heavy (non-hydrogen) atoms. The molecule has 2 aliphatic rings. The molecule has 2 aliphatic heterocycles. The van der Waals surface area contributed by atoms with Crippen LogP contribution in [-0.4, -0.2) is 69.9 Å². The highest BCUT2D eigenvalue weighted by Gasteiger charge is 2.44. The van der Waals surface area contributed by atoms with Crippen molar-refractivity contribution in [1.29, 1.82) is 0 Å². The van der Waals surface area contributed by atoms with E-state index in [0.717, 1.165) is 28.8 Å². The van der Waals surface area contributed by atoms with E-state index in [9.17, 15) is 4.79 Å². The van der Waals surface area contributed by atoms with Crippen molar-refractivity contribution in [3.05, 3.63) is 40.6 Å². The van der Waals surface area contributed by atoms with Crippen molar-refractivity contribution in [1.82, 2.24) is 10.2 Å². The lowest BCUT2D eigenvalue weighted by atomic mass is 9.83. The molecule has 3 atom stereocenters. The number of ether oxygens (including phenoxy) is 2. The van der Waals surface area contributed by atoms with Gasteiger partial charge in [-0.05, 0) is 31.5 Å². The van der Waals surface area contributed by atoms with E-state index >= 15 is 0 Å². The van der Waals surface area contributed by atoms with Gasteiger partial charge in [-0.1, -0.05) is 28.6 Å². The predicted molar refractivity (Wildman–Crippen MR) is 115 cm³/mol. The van der Waals surface area contributed by atoms with Crippen LogP contribution in [0.1, 0.15) is 19.4 Å². The Bertz CT molecular complexity index is 756. The van der Waals surface area contributed by atoms with Crippen LogP contribution in [0.5, 0.6) is 0 Å². The lowest BCUT2D eigenvalue weighted by molar-refractivity contribution is -0.121. The molecular formula is C21H30BrN3O3. The van der Waals surface area contributed by atoms with Gasteiger partial charge in [0.15, 0.2) is 0 Å². The van der Waals surface area contributed by atoms with Crippen molar-refractivity contribution < 1.29 is 14.3 Å². The number of fused-ring (bicyclic) bond motifs is 1. The number of carbonyl (C=O) groups excluding carboxylic acids is 1. The predicted octanol–water partition coefficient (Wildman–Crippen LogP) is 2.52. The van der Waals surface area contributed by atoms with E-state index in [-0.39, 0.29) is 11.9 Å². The van der Waals surface area contributed by atoms with E-state index in [2.05, 4.69) is 52.6 Å². The average Bonchev–Trinajstić information content (AvgIpc) is 2.96. The molecule has 0 aliphatic carbocycles. The third-order valence-corrected chi connectivity index (χ3v) is 6.40. The molecule has 1 amide bonds. The summed E-state index contributed by atoms with van der Waals surface area (Å²) in [5, 5.41) is 3.47. The Kier molecular flexibility index (Phi) is 6.49. The summed E-state index contributed by atoms with van der Waals surface area (Å²) in [6.07, 6.45) is 0. The normalized spacial score (nSPS) is 27.5. The van der Waals surface area contributed by atoms with Gasteiger partial charge in [-0.15, -0.1) is 0 Å². The van der Waals surface area contributed by atoms with Crippen molar-refractivity contribution in [2.45, 2.75) is 31.3 Å². The van der Waals surface area contributed by atoms with E-state index in [0.29, 0.717) is 31.5 Å². The summed E-state index contributed by atoms with van der Waals surface area (Å²) < 4.78 is 11.8. The zero-order valence-electron chi connectivity index (χ0n) is 17.1. The number of halogens is 1. The monoisotopic (exact) mass is 451 g/mol. The highest BCUT2D eigenvalue weighted by Crippen LogP contribution is 2.45. The molecule has 0 bridgehead atoms. The summed E-state index contributed by atoms with van der Waals surface area (Å²) in [4.78, 5) is 17.5. The average molecular weight is 452 g/mol. The van der Waals surface area contributed by atoms with Crippen molar-refractivity contribution in [3.8, 4) is 0 Å². The number of methoxy groups -OCH3 is 2. The van der Waals surface area contributed by atoms with Gasteiger partial charge in [0.1, 0.15) is 5.76 Å². The van der Waals surface area contributed by atoms with Gasteiger partial charge in [-0.3, -0.25) is 9.69 Å².